The van der Waals surface area contributed by atoms with Gasteiger partial charge in [-0.2, -0.15) is 0 Å². The molecule has 16 heteroatoms. The van der Waals surface area contributed by atoms with Crippen molar-refractivity contribution >= 4 is 5.97 Å². The fourth-order valence-electron chi connectivity index (χ4n) is 16.0. The highest BCUT2D eigenvalue weighted by molar-refractivity contribution is 5.91. The first-order valence-corrected chi connectivity index (χ1v) is 43.6. The van der Waals surface area contributed by atoms with Crippen molar-refractivity contribution in [2.24, 2.45) is 0 Å². The Bertz CT molecular complexity index is 6280. The molecule has 0 saturated carbocycles. The molecule has 0 fully saturated rings. The highest BCUT2D eigenvalue weighted by Crippen LogP contribution is 2.59. The van der Waals surface area contributed by atoms with Gasteiger partial charge in [0.1, 0.15) is 119 Å². The van der Waals surface area contributed by atoms with Crippen molar-refractivity contribution in [3.8, 4) is 74.7 Å². The van der Waals surface area contributed by atoms with Crippen LogP contribution < -0.4 is 61.6 Å². The number of aliphatic hydroxyl groups excluding tert-OH is 1. The summed E-state index contributed by atoms with van der Waals surface area (Å²) >= 11 is 0. The molecule has 1 N–H and O–H groups in total. The summed E-state index contributed by atoms with van der Waals surface area (Å²) in [6, 6.07) is 129. The third-order valence-corrected chi connectivity index (χ3v) is 22.7. The molecule has 0 saturated heterocycles. The topological polar surface area (TPSA) is 167 Å². The van der Waals surface area contributed by atoms with E-state index >= 15 is 4.79 Å². The number of rotatable bonds is 38. The van der Waals surface area contributed by atoms with E-state index in [-0.39, 0.29) is 113 Å². The van der Waals surface area contributed by atoms with Gasteiger partial charge in [0.05, 0.1) is 11.5 Å². The Balaban J connectivity index is 0.848. The smallest absolute Gasteiger partial charge is 0.338 e. The Hall–Kier alpha value is -15.7. The van der Waals surface area contributed by atoms with Crippen LogP contribution in [0.2, 0.25) is 0 Å². The minimum Gasteiger partial charge on any atom is -0.489 e. The van der Waals surface area contributed by atoms with Gasteiger partial charge in [-0.05, 0) is 103 Å². The lowest BCUT2D eigenvalue weighted by atomic mass is 9.77. The normalized spacial score (nSPS) is 14.7. The van der Waals surface area contributed by atoms with Crippen LogP contribution in [-0.4, -0.2) is 23.3 Å². The van der Waals surface area contributed by atoms with E-state index in [0.29, 0.717) is 73.8 Å². The molecular formula is C114H96O16. The van der Waals surface area contributed by atoms with E-state index in [1.54, 1.807) is 12.1 Å². The number of aliphatic hydroxyl groups is 1. The first-order valence-electron chi connectivity index (χ1n) is 43.6. The monoisotopic (exact) mass is 1720 g/mol. The maximum Gasteiger partial charge on any atom is 0.338 e. The van der Waals surface area contributed by atoms with E-state index in [0.717, 1.165) is 61.2 Å². The largest absolute Gasteiger partial charge is 0.489 e. The van der Waals surface area contributed by atoms with Crippen molar-refractivity contribution in [3.63, 3.8) is 0 Å². The summed E-state index contributed by atoms with van der Waals surface area (Å²) in [4.78, 5) is 16.5. The summed E-state index contributed by atoms with van der Waals surface area (Å²) in [5, 5.41) is 14.7. The van der Waals surface area contributed by atoms with Crippen LogP contribution in [0.1, 0.15) is 117 Å². The number of hydrogen-bond acceptors (Lipinski definition) is 16. The highest BCUT2D eigenvalue weighted by atomic mass is 16.6. The lowest BCUT2D eigenvalue weighted by Crippen LogP contribution is -2.38. The minimum absolute atomic E-state index is 0.0386. The maximum absolute atomic E-state index is 16.5. The molecule has 16 aromatic rings. The van der Waals surface area contributed by atoms with E-state index in [9.17, 15) is 5.11 Å². The van der Waals surface area contributed by atoms with Crippen molar-refractivity contribution < 1.29 is 76.2 Å². The van der Waals surface area contributed by atoms with Crippen molar-refractivity contribution in [2.75, 3.05) is 0 Å². The van der Waals surface area contributed by atoms with Crippen molar-refractivity contribution in [2.45, 2.75) is 109 Å². The Morgan fingerprint density at radius 2 is 0.569 bits per heavy atom. The fourth-order valence-corrected chi connectivity index (χ4v) is 16.0. The number of ether oxygens (including phenoxy) is 14. The predicted molar refractivity (Wildman–Crippen MR) is 498 cm³/mol. The van der Waals surface area contributed by atoms with Gasteiger partial charge in [-0.3, -0.25) is 0 Å². The van der Waals surface area contributed by atoms with E-state index in [1.807, 2.05) is 388 Å². The molecule has 0 spiro atoms. The van der Waals surface area contributed by atoms with Gasteiger partial charge >= 0.3 is 5.97 Å². The first-order chi connectivity index (χ1) is 64.2. The molecule has 2 aliphatic heterocycles. The summed E-state index contributed by atoms with van der Waals surface area (Å²) in [6.07, 6.45) is -5.29. The second-order valence-electron chi connectivity index (χ2n) is 31.9. The Labute approximate surface area is 756 Å². The number of carbonyl (C=O) groups excluding carboxylic acids is 1. The van der Waals surface area contributed by atoms with Crippen LogP contribution in [0.5, 0.6) is 74.7 Å². The number of benzene rings is 16. The molecule has 130 heavy (non-hydrogen) atoms. The molecule has 0 unspecified atom stereocenters. The second kappa shape index (κ2) is 42.1. The first kappa shape index (κ1) is 85.2. The van der Waals surface area contributed by atoms with Gasteiger partial charge in [-0.1, -0.05) is 346 Å². The van der Waals surface area contributed by atoms with Gasteiger partial charge in [-0.25, -0.2) is 4.79 Å². The average Bonchev–Trinajstić information content (AvgIpc) is 0.719. The maximum atomic E-state index is 16.5. The van der Waals surface area contributed by atoms with Crippen LogP contribution in [-0.2, 0) is 83.8 Å². The quantitative estimate of drug-likeness (QED) is 0.0363. The molecule has 648 valence electrons. The fraction of sp³-hybridized carbons (Fsp3) is 0.149. The summed E-state index contributed by atoms with van der Waals surface area (Å²) in [5.74, 6) is 2.40. The predicted octanol–water partition coefficient (Wildman–Crippen LogP) is 24.6. The molecule has 16 aromatic carbocycles. The third-order valence-electron chi connectivity index (χ3n) is 22.7. The minimum atomic E-state index is -1.55. The lowest BCUT2D eigenvalue weighted by molar-refractivity contribution is -0.0213. The van der Waals surface area contributed by atoms with Crippen molar-refractivity contribution in [1.29, 1.82) is 0 Å². The van der Waals surface area contributed by atoms with Crippen molar-refractivity contribution in [1.82, 2.24) is 0 Å². The second-order valence-corrected chi connectivity index (χ2v) is 31.9. The summed E-state index contributed by atoms with van der Waals surface area (Å²) in [7, 11) is 0. The summed E-state index contributed by atoms with van der Waals surface area (Å²) in [6.45, 7) is 1.55. The Morgan fingerprint density at radius 1 is 0.269 bits per heavy atom. The van der Waals surface area contributed by atoms with Gasteiger partial charge in [-0.15, -0.1) is 0 Å². The van der Waals surface area contributed by atoms with E-state index in [4.69, 9.17) is 66.3 Å². The highest BCUT2D eigenvalue weighted by Gasteiger charge is 2.48. The van der Waals surface area contributed by atoms with Crippen molar-refractivity contribution in [3.05, 3.63) is 495 Å². The molecule has 2 aliphatic rings. The molecule has 2 heterocycles. The van der Waals surface area contributed by atoms with Crippen LogP contribution in [0.3, 0.4) is 0 Å². The number of hydrogen-bond donors (Lipinski definition) is 1. The number of carbonyl (C=O) groups is 1. The van der Waals surface area contributed by atoms with Crippen LogP contribution in [0, 0.1) is 0 Å². The van der Waals surface area contributed by atoms with Crippen LogP contribution in [0.4, 0.5) is 0 Å². The van der Waals surface area contributed by atoms with E-state index in [2.05, 4.69) is 0 Å². The van der Waals surface area contributed by atoms with E-state index in [1.165, 1.54) is 0 Å². The van der Waals surface area contributed by atoms with Crippen LogP contribution in [0.25, 0.3) is 0 Å². The molecule has 16 nitrogen and oxygen atoms in total. The standard InChI is InChI=1S/C114H96O16/c115-109-108(106-100(123-74-85-46-24-7-25-47-85)64-93(117-68-79-34-12-1-13-35-79)65-102(106)128-111(109)91-57-59-96(119-70-81-38-16-3-17-39-81)99(61-91)122-73-84-44-22-6-23-45-84)107-101(124-75-86-48-26-8-27-49-86)67-97(120-71-82-40-18-4-19-41-82)94-66-105(110(130-112(94)107)90-56-58-95(118-69-80-36-14-2-15-37-80)98(60-90)121-72-83-42-20-5-21-43-83)129-114(116)92-62-103(125-76-87-50-28-9-29-51-87)113(127-78-89-54-32-11-33-55-89)104(63-92)126-77-88-52-30-10-31-53-88/h1-65,67,105,108-111,115H,66,68-78H2/t105-,108+,109-,110-,111-/m1/s1. The molecule has 5 atom stereocenters. The summed E-state index contributed by atoms with van der Waals surface area (Å²) in [5.41, 5.74) is 12.3. The van der Waals surface area contributed by atoms with Gasteiger partial charge in [0.25, 0.3) is 0 Å². The summed E-state index contributed by atoms with van der Waals surface area (Å²) < 4.78 is 99.5. The van der Waals surface area contributed by atoms with Gasteiger partial charge in [0.2, 0.25) is 5.75 Å². The lowest BCUT2D eigenvalue weighted by Gasteiger charge is -2.41. The molecule has 18 rings (SSSR count). The zero-order valence-corrected chi connectivity index (χ0v) is 71.5. The molecule has 0 bridgehead atoms. The van der Waals surface area contributed by atoms with Crippen LogP contribution >= 0.6 is 0 Å². The van der Waals surface area contributed by atoms with E-state index < -0.39 is 36.3 Å². The van der Waals surface area contributed by atoms with Gasteiger partial charge in [0.15, 0.2) is 46.7 Å². The third kappa shape index (κ3) is 21.7. The molecular weight excluding hydrogens is 1630 g/mol. The number of fused-ring (bicyclic) bond motifs is 2. The average molecular weight is 1720 g/mol. The Morgan fingerprint density at radius 3 is 0.931 bits per heavy atom. The molecule has 0 amide bonds. The molecule has 0 aliphatic carbocycles. The molecule has 0 aromatic heterocycles. The SMILES string of the molecule is O=C(O[C@@H]1Cc2c(OCc3ccccc3)cc(OCc3ccccc3)c([C@@H]3c4c(OCc5ccccc5)cc(OCc5ccccc5)cc4O[C@H](c4ccc(OCc5ccccc5)c(OCc5ccccc5)c4)[C@@H]3O)c2O[C@@H]1c1ccc(OCc2ccccc2)c(OCc2ccccc2)c1)c1cc(OCc2ccccc2)c(OCc2ccccc2)c(OCc2ccccc2)c1. The zero-order valence-electron chi connectivity index (χ0n) is 71.5. The Kier molecular flexibility index (Phi) is 27.6. The van der Waals surface area contributed by atoms with Crippen LogP contribution in [0.15, 0.2) is 400 Å². The molecule has 0 radical (unpaired) electrons. The zero-order chi connectivity index (χ0) is 87.8. The number of esters is 1. The van der Waals surface area contributed by atoms with Gasteiger partial charge in [0, 0.05) is 46.9 Å². The van der Waals surface area contributed by atoms with Gasteiger partial charge < -0.3 is 71.4 Å².